The predicted octanol–water partition coefficient (Wildman–Crippen LogP) is 14.3. The first-order valence-electron chi connectivity index (χ1n) is 27.5. The molecule has 4 rings (SSSR count). The Morgan fingerprint density at radius 1 is 0.444 bits per heavy atom. The van der Waals surface area contributed by atoms with Crippen molar-refractivity contribution in [3.63, 3.8) is 0 Å². The zero-order chi connectivity index (χ0) is 51.4. The van der Waals surface area contributed by atoms with E-state index in [1.165, 1.54) is 89.2 Å². The van der Waals surface area contributed by atoms with E-state index in [-0.39, 0.29) is 61.5 Å². The summed E-state index contributed by atoms with van der Waals surface area (Å²) in [5, 5.41) is 22.9. The Bertz CT molecular complexity index is 1960. The van der Waals surface area contributed by atoms with Crippen LogP contribution in [0.5, 0.6) is 23.0 Å². The van der Waals surface area contributed by atoms with E-state index in [2.05, 4.69) is 27.7 Å². The van der Waals surface area contributed by atoms with E-state index in [1.807, 2.05) is 30.3 Å². The Kier molecular flexibility index (Phi) is 30.2. The average molecular weight is 998 g/mol. The molecule has 2 unspecified atom stereocenters. The molecule has 13 heteroatoms. The van der Waals surface area contributed by atoms with E-state index in [0.29, 0.717) is 60.1 Å². The van der Waals surface area contributed by atoms with Gasteiger partial charge in [0.2, 0.25) is 0 Å². The molecule has 1 aromatic heterocycles. The van der Waals surface area contributed by atoms with E-state index in [9.17, 15) is 19.8 Å². The van der Waals surface area contributed by atoms with Gasteiger partial charge < -0.3 is 38.6 Å². The number of phenols is 2. The van der Waals surface area contributed by atoms with Gasteiger partial charge in [-0.05, 0) is 49.9 Å². The number of hydrogen-bond acceptors (Lipinski definition) is 13. The fourth-order valence-corrected chi connectivity index (χ4v) is 8.10. The first-order chi connectivity index (χ1) is 35.2. The van der Waals surface area contributed by atoms with Crippen molar-refractivity contribution in [3.8, 4) is 57.2 Å². The van der Waals surface area contributed by atoms with Crippen molar-refractivity contribution < 1.29 is 48.2 Å². The lowest BCUT2D eigenvalue weighted by Gasteiger charge is -2.19. The van der Waals surface area contributed by atoms with Gasteiger partial charge in [0.05, 0.1) is 24.3 Å². The summed E-state index contributed by atoms with van der Waals surface area (Å²) < 4.78 is 35.5. The second-order valence-corrected chi connectivity index (χ2v) is 18.9. The lowest BCUT2D eigenvalue weighted by atomic mass is 10.1. The second-order valence-electron chi connectivity index (χ2n) is 18.9. The minimum Gasteiger partial charge on any atom is -0.507 e. The number of phenolic OH excluding ortho intramolecular Hbond substituents is 2. The van der Waals surface area contributed by atoms with Gasteiger partial charge >= 0.3 is 11.9 Å². The summed E-state index contributed by atoms with van der Waals surface area (Å²) in [6, 6.07) is 19.0. The van der Waals surface area contributed by atoms with Crippen LogP contribution in [0.4, 0.5) is 0 Å². The van der Waals surface area contributed by atoms with Crippen LogP contribution < -0.4 is 9.47 Å². The fourth-order valence-electron chi connectivity index (χ4n) is 8.10. The zero-order valence-corrected chi connectivity index (χ0v) is 44.2. The topological polar surface area (TPSA) is 169 Å². The summed E-state index contributed by atoms with van der Waals surface area (Å²) in [4.78, 5) is 40.0. The van der Waals surface area contributed by atoms with Crippen LogP contribution in [0.15, 0.2) is 66.7 Å². The Morgan fingerprint density at radius 2 is 0.819 bits per heavy atom. The quantitative estimate of drug-likeness (QED) is 0.0319. The van der Waals surface area contributed by atoms with Crippen molar-refractivity contribution in [1.29, 1.82) is 0 Å². The van der Waals surface area contributed by atoms with Gasteiger partial charge in [0, 0.05) is 43.8 Å². The van der Waals surface area contributed by atoms with Crippen molar-refractivity contribution in [3.05, 3.63) is 66.7 Å². The van der Waals surface area contributed by atoms with Gasteiger partial charge in [-0.2, -0.15) is 0 Å². The normalized spacial score (nSPS) is 12.1. The molecule has 0 aliphatic rings. The molecule has 0 saturated carbocycles. The van der Waals surface area contributed by atoms with Crippen LogP contribution >= 0.6 is 0 Å². The fraction of sp³-hybridized carbons (Fsp3) is 0.610. The van der Waals surface area contributed by atoms with Crippen molar-refractivity contribution in [2.75, 3.05) is 39.6 Å². The minimum absolute atomic E-state index is 0.0411. The van der Waals surface area contributed by atoms with E-state index in [0.717, 1.165) is 64.2 Å². The standard InChI is InChI=1S/C59H87N3O10/c1-5-9-13-15-17-19-21-23-28-32-55(65)71-49(42-67-38-11-7-3)44-69-47-34-36-51(53(63)40-47)58-60-57(46-30-26-25-27-31-46)61-59(62-58)52-37-35-48(41-54(52)64)70-45-50(43-68-39-12-8-4)72-56(66)33-29-24-22-20-18-16-14-10-6-2/h25-27,30-31,34-37,40-41,49-50,63-64H,5-24,28-29,32-33,38-39,42-45H2,1-4H3. The molecular formula is C59H87N3O10. The largest absolute Gasteiger partial charge is 0.507 e. The second kappa shape index (κ2) is 36.6. The van der Waals surface area contributed by atoms with Gasteiger partial charge in [-0.25, -0.2) is 15.0 Å². The first-order valence-corrected chi connectivity index (χ1v) is 27.5. The SMILES string of the molecule is CCCCCCCCCCCC(=O)OC(COCCCC)COc1ccc(-c2nc(-c3ccccc3)nc(-c3ccc(OCC(COCCCC)OC(=O)CCCCCCCCCCC)cc3O)n2)c(O)c1. The smallest absolute Gasteiger partial charge is 0.306 e. The molecular weight excluding hydrogens is 911 g/mol. The molecule has 0 bridgehead atoms. The number of nitrogens with zero attached hydrogens (tertiary/aromatic N) is 3. The van der Waals surface area contributed by atoms with Gasteiger partial charge in [0.1, 0.15) is 36.2 Å². The molecule has 2 atom stereocenters. The van der Waals surface area contributed by atoms with Crippen LogP contribution in [-0.4, -0.2) is 89.0 Å². The third kappa shape index (κ3) is 24.0. The lowest BCUT2D eigenvalue weighted by molar-refractivity contribution is -0.155. The number of esters is 2. The van der Waals surface area contributed by atoms with Crippen LogP contribution in [-0.2, 0) is 28.5 Å². The van der Waals surface area contributed by atoms with Crippen LogP contribution in [0.1, 0.15) is 182 Å². The van der Waals surface area contributed by atoms with Gasteiger partial charge in [0.15, 0.2) is 29.7 Å². The third-order valence-electron chi connectivity index (χ3n) is 12.4. The molecule has 0 aliphatic carbocycles. The monoisotopic (exact) mass is 998 g/mol. The van der Waals surface area contributed by atoms with Gasteiger partial charge in [-0.1, -0.05) is 174 Å². The van der Waals surface area contributed by atoms with Gasteiger partial charge in [0.25, 0.3) is 0 Å². The molecule has 3 aromatic carbocycles. The van der Waals surface area contributed by atoms with Crippen molar-refractivity contribution in [2.24, 2.45) is 0 Å². The summed E-state index contributed by atoms with van der Waals surface area (Å²) >= 11 is 0. The molecule has 0 radical (unpaired) electrons. The summed E-state index contributed by atoms with van der Waals surface area (Å²) in [6.45, 7) is 10.2. The highest BCUT2D eigenvalue weighted by Gasteiger charge is 2.21. The lowest BCUT2D eigenvalue weighted by Crippen LogP contribution is -2.30. The van der Waals surface area contributed by atoms with Crippen LogP contribution in [0.2, 0.25) is 0 Å². The summed E-state index contributed by atoms with van der Waals surface area (Å²) in [6.07, 6.45) is 24.1. The summed E-state index contributed by atoms with van der Waals surface area (Å²) in [7, 11) is 0. The highest BCUT2D eigenvalue weighted by molar-refractivity contribution is 5.73. The Balaban J connectivity index is 1.42. The van der Waals surface area contributed by atoms with E-state index in [4.69, 9.17) is 43.4 Å². The third-order valence-corrected chi connectivity index (χ3v) is 12.4. The molecule has 4 aromatic rings. The zero-order valence-electron chi connectivity index (χ0n) is 44.2. The molecule has 0 amide bonds. The van der Waals surface area contributed by atoms with Crippen molar-refractivity contribution >= 4 is 11.9 Å². The minimum atomic E-state index is -0.624. The molecule has 0 spiro atoms. The number of rotatable bonds is 41. The highest BCUT2D eigenvalue weighted by Crippen LogP contribution is 2.36. The summed E-state index contributed by atoms with van der Waals surface area (Å²) in [5.41, 5.74) is 1.34. The van der Waals surface area contributed by atoms with Crippen molar-refractivity contribution in [2.45, 2.75) is 194 Å². The Morgan fingerprint density at radius 3 is 1.21 bits per heavy atom. The molecule has 398 valence electrons. The Labute approximate surface area is 431 Å². The number of hydrogen-bond donors (Lipinski definition) is 2. The molecule has 72 heavy (non-hydrogen) atoms. The molecule has 0 fully saturated rings. The van der Waals surface area contributed by atoms with Crippen molar-refractivity contribution in [1.82, 2.24) is 15.0 Å². The van der Waals surface area contributed by atoms with Crippen LogP contribution in [0, 0.1) is 0 Å². The number of unbranched alkanes of at least 4 members (excludes halogenated alkanes) is 18. The average Bonchev–Trinajstić information content (AvgIpc) is 3.38. The van der Waals surface area contributed by atoms with E-state index >= 15 is 0 Å². The molecule has 13 nitrogen and oxygen atoms in total. The maximum absolute atomic E-state index is 12.9. The number of aromatic hydroxyl groups is 2. The number of ether oxygens (including phenoxy) is 6. The summed E-state index contributed by atoms with van der Waals surface area (Å²) in [5.74, 6) is 0.569. The van der Waals surface area contributed by atoms with E-state index in [1.54, 1.807) is 24.3 Å². The maximum Gasteiger partial charge on any atom is 0.306 e. The van der Waals surface area contributed by atoms with Crippen LogP contribution in [0.3, 0.4) is 0 Å². The first kappa shape index (κ1) is 59.3. The highest BCUT2D eigenvalue weighted by atomic mass is 16.6. The number of carbonyl (C=O) groups excluding carboxylic acids is 2. The number of benzene rings is 3. The number of aromatic nitrogens is 3. The van der Waals surface area contributed by atoms with Gasteiger partial charge in [-0.15, -0.1) is 0 Å². The van der Waals surface area contributed by atoms with E-state index < -0.39 is 12.2 Å². The predicted molar refractivity (Wildman–Crippen MR) is 285 cm³/mol. The molecule has 0 aliphatic heterocycles. The number of carbonyl (C=O) groups is 2. The molecule has 2 N–H and O–H groups in total. The van der Waals surface area contributed by atoms with Crippen LogP contribution in [0.25, 0.3) is 34.2 Å². The Hall–Kier alpha value is -5.27. The molecule has 0 saturated heterocycles. The van der Waals surface area contributed by atoms with Gasteiger partial charge in [-0.3, -0.25) is 9.59 Å². The molecule has 1 heterocycles. The maximum atomic E-state index is 12.9.